The molecule has 4 aromatic rings. The predicted octanol–water partition coefficient (Wildman–Crippen LogP) is 3.88. The van der Waals surface area contributed by atoms with Crippen LogP contribution in [0.3, 0.4) is 0 Å². The molecule has 0 aliphatic rings. The quantitative estimate of drug-likeness (QED) is 0.561. The van der Waals surface area contributed by atoms with Crippen LogP contribution in [0.4, 0.5) is 8.78 Å². The molecule has 6 heteroatoms. The molecule has 0 fully saturated rings. The number of aryl methyl sites for hydroxylation is 1. The Balaban J connectivity index is 2.24. The third kappa shape index (κ3) is 2.03. The molecule has 0 atom stereocenters. The second-order valence-electron chi connectivity index (χ2n) is 5.60. The number of fused-ring (bicyclic) bond motifs is 3. The minimum Gasteiger partial charge on any atom is -0.294 e. The van der Waals surface area contributed by atoms with E-state index in [9.17, 15) is 13.6 Å². The second-order valence-corrected chi connectivity index (χ2v) is 5.60. The van der Waals surface area contributed by atoms with Gasteiger partial charge in [0.25, 0.3) is 12.0 Å². The Hall–Kier alpha value is -3.02. The average Bonchev–Trinajstić information content (AvgIpc) is 3.06. The van der Waals surface area contributed by atoms with Gasteiger partial charge in [-0.05, 0) is 30.7 Å². The van der Waals surface area contributed by atoms with Crippen molar-refractivity contribution in [1.29, 1.82) is 0 Å². The highest BCUT2D eigenvalue weighted by molar-refractivity contribution is 5.81. The minimum atomic E-state index is -2.60. The van der Waals surface area contributed by atoms with Crippen LogP contribution in [0.2, 0.25) is 0 Å². The number of halogens is 2. The van der Waals surface area contributed by atoms with Crippen LogP contribution in [0.1, 0.15) is 17.6 Å². The molecule has 2 heterocycles. The molecule has 0 saturated carbocycles. The summed E-state index contributed by atoms with van der Waals surface area (Å²) in [5.41, 5.74) is 2.41. The number of imidazole rings is 1. The number of aromatic nitrogens is 3. The van der Waals surface area contributed by atoms with Crippen LogP contribution in [0.25, 0.3) is 22.4 Å². The number of nitrogens with zero attached hydrogens (tertiary/aromatic N) is 3. The van der Waals surface area contributed by atoms with Crippen molar-refractivity contribution < 1.29 is 8.78 Å². The van der Waals surface area contributed by atoms with Crippen molar-refractivity contribution >= 4 is 16.7 Å². The Kier molecular flexibility index (Phi) is 3.19. The zero-order valence-corrected chi connectivity index (χ0v) is 12.8. The molecule has 4 rings (SSSR count). The monoisotopic (exact) mass is 325 g/mol. The van der Waals surface area contributed by atoms with E-state index in [1.54, 1.807) is 22.7 Å². The summed E-state index contributed by atoms with van der Waals surface area (Å²) < 4.78 is 29.4. The molecular formula is C18H13F2N3O. The maximum absolute atomic E-state index is 13.2. The summed E-state index contributed by atoms with van der Waals surface area (Å²) in [4.78, 5) is 17.1. The molecule has 0 saturated heterocycles. The van der Waals surface area contributed by atoms with Crippen molar-refractivity contribution in [1.82, 2.24) is 14.0 Å². The van der Waals surface area contributed by atoms with Gasteiger partial charge < -0.3 is 0 Å². The van der Waals surface area contributed by atoms with Gasteiger partial charge in [-0.15, -0.1) is 0 Å². The van der Waals surface area contributed by atoms with E-state index in [1.807, 2.05) is 25.1 Å². The molecule has 0 unspecified atom stereocenters. The molecule has 4 nitrogen and oxygen atoms in total. The summed E-state index contributed by atoms with van der Waals surface area (Å²) in [6, 6.07) is 11.7. The molecule has 0 aliphatic carbocycles. The minimum absolute atomic E-state index is 0.122. The van der Waals surface area contributed by atoms with Gasteiger partial charge in [-0.3, -0.25) is 13.8 Å². The molecule has 0 amide bonds. The number of hydrogen-bond acceptors (Lipinski definition) is 2. The first-order valence-electron chi connectivity index (χ1n) is 7.44. The van der Waals surface area contributed by atoms with Gasteiger partial charge >= 0.3 is 0 Å². The van der Waals surface area contributed by atoms with Gasteiger partial charge in [-0.1, -0.05) is 24.3 Å². The van der Waals surface area contributed by atoms with Gasteiger partial charge in [0, 0.05) is 18.0 Å². The number of rotatable bonds is 2. The Morgan fingerprint density at radius 1 is 1.08 bits per heavy atom. The lowest BCUT2D eigenvalue weighted by molar-refractivity contribution is 0.151. The summed E-state index contributed by atoms with van der Waals surface area (Å²) >= 11 is 0. The van der Waals surface area contributed by atoms with E-state index < -0.39 is 6.43 Å². The molecule has 24 heavy (non-hydrogen) atoms. The zero-order valence-electron chi connectivity index (χ0n) is 12.8. The lowest BCUT2D eigenvalue weighted by Gasteiger charge is -2.15. The highest BCUT2D eigenvalue weighted by Crippen LogP contribution is 2.26. The van der Waals surface area contributed by atoms with Crippen molar-refractivity contribution in [3.63, 3.8) is 0 Å². The van der Waals surface area contributed by atoms with Crippen molar-refractivity contribution in [2.45, 2.75) is 13.3 Å². The third-order valence-electron chi connectivity index (χ3n) is 4.14. The molecule has 0 spiro atoms. The highest BCUT2D eigenvalue weighted by atomic mass is 19.3. The van der Waals surface area contributed by atoms with Crippen molar-refractivity contribution in [2.75, 3.05) is 0 Å². The Morgan fingerprint density at radius 2 is 1.88 bits per heavy atom. The van der Waals surface area contributed by atoms with Crippen LogP contribution in [-0.4, -0.2) is 14.0 Å². The Labute approximate surface area is 135 Å². The van der Waals surface area contributed by atoms with E-state index in [0.29, 0.717) is 16.7 Å². The fourth-order valence-corrected chi connectivity index (χ4v) is 2.98. The lowest BCUT2D eigenvalue weighted by Crippen LogP contribution is -2.22. The number of alkyl halides is 2. The highest BCUT2D eigenvalue weighted by Gasteiger charge is 2.16. The van der Waals surface area contributed by atoms with E-state index in [2.05, 4.69) is 4.98 Å². The van der Waals surface area contributed by atoms with Crippen molar-refractivity contribution in [3.05, 3.63) is 76.3 Å². The summed E-state index contributed by atoms with van der Waals surface area (Å²) in [5.74, 6) is 0. The van der Waals surface area contributed by atoms with Crippen LogP contribution < -0.4 is 5.56 Å². The van der Waals surface area contributed by atoms with E-state index in [-0.39, 0.29) is 16.8 Å². The number of hydrogen-bond donors (Lipinski definition) is 0. The van der Waals surface area contributed by atoms with Gasteiger partial charge in [0.2, 0.25) is 5.65 Å². The van der Waals surface area contributed by atoms with Gasteiger partial charge in [-0.2, -0.15) is 0 Å². The molecular weight excluding hydrogens is 312 g/mol. The largest absolute Gasteiger partial charge is 0.299 e. The van der Waals surface area contributed by atoms with Crippen LogP contribution in [0, 0.1) is 6.92 Å². The lowest BCUT2D eigenvalue weighted by atomic mass is 10.1. The van der Waals surface area contributed by atoms with Crippen LogP contribution in [0.5, 0.6) is 0 Å². The first kappa shape index (κ1) is 14.6. The molecule has 0 radical (unpaired) electrons. The molecule has 120 valence electrons. The summed E-state index contributed by atoms with van der Waals surface area (Å²) in [7, 11) is 0. The van der Waals surface area contributed by atoms with Crippen LogP contribution in [-0.2, 0) is 0 Å². The van der Waals surface area contributed by atoms with Crippen molar-refractivity contribution in [2.24, 2.45) is 0 Å². The second kappa shape index (κ2) is 5.26. The SMILES string of the molecule is Cc1ccccc1-n1c(=O)c2nccn2c2ccc(C(F)F)cc21. The normalized spacial score (nSPS) is 11.7. The maximum atomic E-state index is 13.2. The van der Waals surface area contributed by atoms with Crippen LogP contribution in [0.15, 0.2) is 59.7 Å². The van der Waals surface area contributed by atoms with E-state index >= 15 is 0 Å². The molecule has 2 aromatic carbocycles. The average molecular weight is 325 g/mol. The standard InChI is InChI=1S/C18H13F2N3O/c1-11-4-2-3-5-13(11)23-15-10-12(16(19)20)6-7-14(15)22-9-8-21-17(22)18(23)24/h2-10,16H,1H3. The van der Waals surface area contributed by atoms with E-state index in [1.165, 1.54) is 22.9 Å². The summed E-state index contributed by atoms with van der Waals surface area (Å²) in [5, 5.41) is 0. The van der Waals surface area contributed by atoms with Gasteiger partial charge in [0.05, 0.1) is 16.7 Å². The first-order valence-corrected chi connectivity index (χ1v) is 7.44. The molecule has 0 aliphatic heterocycles. The zero-order chi connectivity index (χ0) is 16.8. The van der Waals surface area contributed by atoms with Gasteiger partial charge in [0.15, 0.2) is 0 Å². The first-order chi connectivity index (χ1) is 11.6. The summed E-state index contributed by atoms with van der Waals surface area (Å²) in [6.45, 7) is 1.88. The number of benzene rings is 2. The Bertz CT molecular complexity index is 1130. The maximum Gasteiger partial charge on any atom is 0.299 e. The topological polar surface area (TPSA) is 39.3 Å². The van der Waals surface area contributed by atoms with E-state index in [4.69, 9.17) is 0 Å². The Morgan fingerprint density at radius 3 is 2.62 bits per heavy atom. The van der Waals surface area contributed by atoms with Gasteiger partial charge in [-0.25, -0.2) is 13.8 Å². The fourth-order valence-electron chi connectivity index (χ4n) is 2.98. The summed E-state index contributed by atoms with van der Waals surface area (Å²) in [6.07, 6.45) is 0.580. The number of para-hydroxylation sites is 1. The van der Waals surface area contributed by atoms with Crippen molar-refractivity contribution in [3.8, 4) is 5.69 Å². The molecule has 0 N–H and O–H groups in total. The van der Waals surface area contributed by atoms with Crippen LogP contribution >= 0.6 is 0 Å². The molecule has 2 aromatic heterocycles. The third-order valence-corrected chi connectivity index (χ3v) is 4.14. The molecule has 0 bridgehead atoms. The smallest absolute Gasteiger partial charge is 0.294 e. The fraction of sp³-hybridized carbons (Fsp3) is 0.111. The van der Waals surface area contributed by atoms with Gasteiger partial charge in [0.1, 0.15) is 0 Å². The predicted molar refractivity (Wildman–Crippen MR) is 88.0 cm³/mol. The van der Waals surface area contributed by atoms with E-state index in [0.717, 1.165) is 5.56 Å².